The molecule has 33 heavy (non-hydrogen) atoms. The molecule has 8 heteroatoms. The Morgan fingerprint density at radius 1 is 1.06 bits per heavy atom. The van der Waals surface area contributed by atoms with Crippen LogP contribution in [-0.4, -0.2) is 52.8 Å². The minimum absolute atomic E-state index is 0.0327. The average Bonchev–Trinajstić information content (AvgIpc) is 3.31. The third-order valence-electron chi connectivity index (χ3n) is 5.86. The number of hydrogen-bond donors (Lipinski definition) is 0. The van der Waals surface area contributed by atoms with Crippen molar-refractivity contribution in [3.05, 3.63) is 70.8 Å². The Kier molecular flexibility index (Phi) is 5.78. The van der Waals surface area contributed by atoms with Gasteiger partial charge in [0, 0.05) is 35.8 Å². The van der Waals surface area contributed by atoms with Gasteiger partial charge in [0.1, 0.15) is 6.54 Å². The van der Waals surface area contributed by atoms with E-state index >= 15 is 0 Å². The van der Waals surface area contributed by atoms with E-state index in [1.807, 2.05) is 59.0 Å². The van der Waals surface area contributed by atoms with Gasteiger partial charge in [-0.15, -0.1) is 0 Å². The van der Waals surface area contributed by atoms with E-state index in [2.05, 4.69) is 0 Å². The van der Waals surface area contributed by atoms with E-state index in [4.69, 9.17) is 4.74 Å². The molecule has 2 aliphatic heterocycles. The molecule has 3 aromatic rings. The predicted molar refractivity (Wildman–Crippen MR) is 129 cm³/mol. The number of benzene rings is 2. The molecule has 1 aromatic heterocycles. The highest BCUT2D eigenvalue weighted by molar-refractivity contribution is 8.19. The van der Waals surface area contributed by atoms with Crippen LogP contribution in [0.4, 0.5) is 10.5 Å². The van der Waals surface area contributed by atoms with Crippen LogP contribution in [0.3, 0.4) is 0 Å². The Labute approximate surface area is 195 Å². The number of carbonyl (C=O) groups is 3. The highest BCUT2D eigenvalue weighted by Gasteiger charge is 2.36. The molecule has 7 nitrogen and oxygen atoms in total. The molecule has 0 atom stereocenters. The number of nitrogens with zero attached hydrogens (tertiary/aromatic N) is 3. The molecule has 2 aliphatic rings. The smallest absolute Gasteiger partial charge is 0.298 e. The minimum Gasteiger partial charge on any atom is -0.378 e. The Hall–Kier alpha value is -3.36. The van der Waals surface area contributed by atoms with Gasteiger partial charge < -0.3 is 14.2 Å². The van der Waals surface area contributed by atoms with Crippen LogP contribution in [0.15, 0.2) is 59.6 Å². The maximum absolute atomic E-state index is 13.1. The molecule has 0 unspecified atom stereocenters. The fraction of sp³-hybridized carbons (Fsp3) is 0.240. The summed E-state index contributed by atoms with van der Waals surface area (Å²) in [6.07, 6.45) is 3.63. The second-order valence-corrected chi connectivity index (χ2v) is 9.07. The Morgan fingerprint density at radius 3 is 2.55 bits per heavy atom. The molecular formula is C25H23N3O4S. The molecule has 2 saturated heterocycles. The van der Waals surface area contributed by atoms with Gasteiger partial charge in [-0.1, -0.05) is 35.9 Å². The van der Waals surface area contributed by atoms with Crippen molar-refractivity contribution in [2.24, 2.45) is 0 Å². The number of rotatable bonds is 4. The van der Waals surface area contributed by atoms with Crippen molar-refractivity contribution in [1.82, 2.24) is 9.47 Å². The van der Waals surface area contributed by atoms with Crippen LogP contribution in [0.25, 0.3) is 17.0 Å². The highest BCUT2D eigenvalue weighted by atomic mass is 32.2. The van der Waals surface area contributed by atoms with Gasteiger partial charge in [-0.3, -0.25) is 14.4 Å². The summed E-state index contributed by atoms with van der Waals surface area (Å²) >= 11 is 0.930. The Morgan fingerprint density at radius 2 is 1.79 bits per heavy atom. The lowest BCUT2D eigenvalue weighted by atomic mass is 10.1. The first kappa shape index (κ1) is 21.5. The maximum Gasteiger partial charge on any atom is 0.298 e. The summed E-state index contributed by atoms with van der Waals surface area (Å²) in [5.74, 6) is -0.305. The molecule has 168 valence electrons. The first-order valence-corrected chi connectivity index (χ1v) is 11.6. The summed E-state index contributed by atoms with van der Waals surface area (Å²) in [6, 6.07) is 15.1. The minimum atomic E-state index is -0.338. The van der Waals surface area contributed by atoms with E-state index in [0.29, 0.717) is 36.9 Å². The molecule has 2 aromatic carbocycles. The average molecular weight is 462 g/mol. The van der Waals surface area contributed by atoms with Crippen LogP contribution in [0, 0.1) is 6.92 Å². The molecule has 2 fully saturated rings. The zero-order chi connectivity index (χ0) is 22.9. The van der Waals surface area contributed by atoms with Gasteiger partial charge in [0.2, 0.25) is 5.91 Å². The third-order valence-corrected chi connectivity index (χ3v) is 6.73. The monoisotopic (exact) mass is 461 g/mol. The zero-order valence-electron chi connectivity index (χ0n) is 18.2. The summed E-state index contributed by atoms with van der Waals surface area (Å²) in [5.41, 5.74) is 3.32. The van der Waals surface area contributed by atoms with Crippen LogP contribution in [-0.2, 0) is 20.9 Å². The largest absolute Gasteiger partial charge is 0.378 e. The molecule has 0 N–H and O–H groups in total. The molecular weight excluding hydrogens is 438 g/mol. The molecule has 0 bridgehead atoms. The predicted octanol–water partition coefficient (Wildman–Crippen LogP) is 4.05. The first-order valence-electron chi connectivity index (χ1n) is 10.8. The number of ether oxygens (including phenoxy) is 1. The van der Waals surface area contributed by atoms with Crippen LogP contribution < -0.4 is 4.90 Å². The Bertz CT molecular complexity index is 1270. The summed E-state index contributed by atoms with van der Waals surface area (Å²) in [7, 11) is 0. The lowest BCUT2D eigenvalue weighted by molar-refractivity contribution is -0.135. The van der Waals surface area contributed by atoms with Crippen molar-refractivity contribution in [3.63, 3.8) is 0 Å². The normalized spacial score (nSPS) is 18.0. The topological polar surface area (TPSA) is 71.8 Å². The van der Waals surface area contributed by atoms with E-state index in [0.717, 1.165) is 33.8 Å². The number of fused-ring (bicyclic) bond motifs is 1. The summed E-state index contributed by atoms with van der Waals surface area (Å²) < 4.78 is 7.25. The van der Waals surface area contributed by atoms with Gasteiger partial charge in [0.25, 0.3) is 11.1 Å². The van der Waals surface area contributed by atoms with Gasteiger partial charge in [0.05, 0.1) is 23.8 Å². The molecule has 0 aliphatic carbocycles. The number of imide groups is 1. The quantitative estimate of drug-likeness (QED) is 0.548. The number of morpholine rings is 1. The van der Waals surface area contributed by atoms with Crippen LogP contribution in [0.2, 0.25) is 0 Å². The van der Waals surface area contributed by atoms with Crippen LogP contribution in [0.1, 0.15) is 11.1 Å². The number of amides is 3. The highest BCUT2D eigenvalue weighted by Crippen LogP contribution is 2.37. The maximum atomic E-state index is 13.1. The zero-order valence-corrected chi connectivity index (χ0v) is 19.0. The Balaban J connectivity index is 1.45. The van der Waals surface area contributed by atoms with Gasteiger partial charge in [-0.2, -0.15) is 0 Å². The van der Waals surface area contributed by atoms with Crippen LogP contribution in [0.5, 0.6) is 0 Å². The number of para-hydroxylation sites is 1. The van der Waals surface area contributed by atoms with E-state index in [1.54, 1.807) is 18.2 Å². The first-order chi connectivity index (χ1) is 16.0. The summed E-state index contributed by atoms with van der Waals surface area (Å²) in [5, 5.41) is 0.607. The summed E-state index contributed by atoms with van der Waals surface area (Å²) in [6.45, 7) is 4.46. The van der Waals surface area contributed by atoms with E-state index in [9.17, 15) is 14.4 Å². The van der Waals surface area contributed by atoms with Crippen LogP contribution >= 0.6 is 11.8 Å². The van der Waals surface area contributed by atoms with E-state index < -0.39 is 0 Å². The molecule has 3 heterocycles. The molecule has 0 radical (unpaired) electrons. The fourth-order valence-electron chi connectivity index (χ4n) is 4.10. The van der Waals surface area contributed by atoms with Crippen molar-refractivity contribution in [1.29, 1.82) is 0 Å². The summed E-state index contributed by atoms with van der Waals surface area (Å²) in [4.78, 5) is 41.9. The van der Waals surface area contributed by atoms with Gasteiger partial charge in [-0.25, -0.2) is 4.90 Å². The lowest BCUT2D eigenvalue weighted by Crippen LogP contribution is -2.42. The van der Waals surface area contributed by atoms with E-state index in [1.165, 1.54) is 4.90 Å². The van der Waals surface area contributed by atoms with Crippen molar-refractivity contribution in [2.75, 3.05) is 31.2 Å². The molecule has 0 saturated carbocycles. The second-order valence-electron chi connectivity index (χ2n) is 8.08. The fourth-order valence-corrected chi connectivity index (χ4v) is 4.94. The number of aromatic nitrogens is 1. The van der Waals surface area contributed by atoms with Crippen molar-refractivity contribution in [3.8, 4) is 0 Å². The van der Waals surface area contributed by atoms with Gasteiger partial charge in [-0.05, 0) is 43.0 Å². The van der Waals surface area contributed by atoms with Crippen molar-refractivity contribution < 1.29 is 19.1 Å². The number of thioether (sulfide) groups is 1. The van der Waals surface area contributed by atoms with Gasteiger partial charge in [0.15, 0.2) is 0 Å². The van der Waals surface area contributed by atoms with Crippen molar-refractivity contribution in [2.45, 2.75) is 13.5 Å². The third kappa shape index (κ3) is 4.19. The molecule has 0 spiro atoms. The van der Waals surface area contributed by atoms with Gasteiger partial charge >= 0.3 is 0 Å². The van der Waals surface area contributed by atoms with Crippen molar-refractivity contribution >= 4 is 51.5 Å². The number of hydrogen-bond acceptors (Lipinski definition) is 5. The SMILES string of the molecule is Cc1ccc(N2C(=O)S/C(=C\c3cn(CC(=O)N4CCOCC4)c4ccccc34)C2=O)cc1. The number of carbonyl (C=O) groups excluding carboxylic acids is 3. The molecule has 3 amide bonds. The standard InChI is InChI=1S/C25H23N3O4S/c1-17-6-8-19(9-7-17)28-24(30)22(33-25(28)31)14-18-15-27(21-5-3-2-4-20(18)21)16-23(29)26-10-12-32-13-11-26/h2-9,14-15H,10-13,16H2,1H3/b22-14-. The number of anilines is 1. The van der Waals surface area contributed by atoms with E-state index in [-0.39, 0.29) is 23.6 Å². The number of aryl methyl sites for hydroxylation is 1. The second kappa shape index (κ2) is 8.88. The lowest BCUT2D eigenvalue weighted by Gasteiger charge is -2.27. The molecule has 5 rings (SSSR count).